The lowest BCUT2D eigenvalue weighted by atomic mass is 9.72. The molecule has 0 aliphatic rings. The molecule has 1 N–H and O–H groups in total. The van der Waals surface area contributed by atoms with Crippen molar-refractivity contribution in [3.05, 3.63) is 64.5 Å². The Bertz CT molecular complexity index is 843. The molecule has 0 aliphatic carbocycles. The van der Waals surface area contributed by atoms with Gasteiger partial charge < -0.3 is 9.84 Å². The first-order valence-corrected chi connectivity index (χ1v) is 8.98. The third kappa shape index (κ3) is 4.66. The van der Waals surface area contributed by atoms with E-state index < -0.39 is 35.9 Å². The van der Waals surface area contributed by atoms with E-state index >= 15 is 0 Å². The number of aryl methyl sites for hydroxylation is 2. The standard InChI is InChI=1S/C22H26F4O2/c1-14-6-7-16(10-15(14)2)12-21(27,22(24,25)26)13-20(3,4)18-11-17(23)8-9-19(18)28-5/h6-11,27H,12-13H2,1-5H3. The number of ether oxygens (including phenoxy) is 1. The van der Waals surface area contributed by atoms with Crippen molar-refractivity contribution in [2.45, 2.75) is 57.7 Å². The van der Waals surface area contributed by atoms with E-state index in [-0.39, 0.29) is 11.3 Å². The van der Waals surface area contributed by atoms with Crippen LogP contribution in [0, 0.1) is 19.7 Å². The van der Waals surface area contributed by atoms with Gasteiger partial charge in [0, 0.05) is 12.0 Å². The molecule has 2 aromatic carbocycles. The van der Waals surface area contributed by atoms with Crippen molar-refractivity contribution in [3.63, 3.8) is 0 Å². The van der Waals surface area contributed by atoms with Crippen LogP contribution in [0.5, 0.6) is 5.75 Å². The van der Waals surface area contributed by atoms with E-state index in [2.05, 4.69) is 0 Å². The topological polar surface area (TPSA) is 29.5 Å². The fraction of sp³-hybridized carbons (Fsp3) is 0.455. The average Bonchev–Trinajstić information content (AvgIpc) is 2.56. The number of benzene rings is 2. The molecular weight excluding hydrogens is 372 g/mol. The Morgan fingerprint density at radius 2 is 1.61 bits per heavy atom. The van der Waals surface area contributed by atoms with Crippen molar-refractivity contribution in [3.8, 4) is 5.75 Å². The van der Waals surface area contributed by atoms with Gasteiger partial charge in [-0.05, 0) is 60.6 Å². The van der Waals surface area contributed by atoms with E-state index in [1.165, 1.54) is 19.2 Å². The van der Waals surface area contributed by atoms with E-state index in [0.717, 1.165) is 17.2 Å². The summed E-state index contributed by atoms with van der Waals surface area (Å²) in [5, 5.41) is 10.7. The molecule has 0 saturated heterocycles. The van der Waals surface area contributed by atoms with Gasteiger partial charge in [-0.2, -0.15) is 13.2 Å². The van der Waals surface area contributed by atoms with Gasteiger partial charge in [0.15, 0.2) is 5.60 Å². The van der Waals surface area contributed by atoms with Gasteiger partial charge in [0.25, 0.3) is 0 Å². The number of halogens is 4. The quantitative estimate of drug-likeness (QED) is 0.637. The van der Waals surface area contributed by atoms with Gasteiger partial charge in [0.05, 0.1) is 7.11 Å². The molecule has 0 amide bonds. The summed E-state index contributed by atoms with van der Waals surface area (Å²) >= 11 is 0. The number of hydrogen-bond donors (Lipinski definition) is 1. The maximum absolute atomic E-state index is 13.9. The van der Waals surface area contributed by atoms with Crippen molar-refractivity contribution in [1.29, 1.82) is 0 Å². The second-order valence-corrected chi connectivity index (χ2v) is 8.03. The molecule has 0 aromatic heterocycles. The molecule has 1 unspecified atom stereocenters. The molecule has 0 bridgehead atoms. The van der Waals surface area contributed by atoms with E-state index in [4.69, 9.17) is 4.74 Å². The van der Waals surface area contributed by atoms with E-state index in [1.807, 2.05) is 13.8 Å². The molecule has 154 valence electrons. The monoisotopic (exact) mass is 398 g/mol. The summed E-state index contributed by atoms with van der Waals surface area (Å²) in [5.41, 5.74) is -1.69. The van der Waals surface area contributed by atoms with Crippen LogP contribution in [0.1, 0.15) is 42.5 Å². The summed E-state index contributed by atoms with van der Waals surface area (Å²) in [6.07, 6.45) is -6.08. The second kappa shape index (κ2) is 7.74. The summed E-state index contributed by atoms with van der Waals surface area (Å²) in [7, 11) is 1.37. The molecule has 0 saturated carbocycles. The zero-order valence-corrected chi connectivity index (χ0v) is 16.7. The highest BCUT2D eigenvalue weighted by Gasteiger charge is 2.56. The van der Waals surface area contributed by atoms with E-state index in [0.29, 0.717) is 5.56 Å². The molecule has 0 fully saturated rings. The lowest BCUT2D eigenvalue weighted by molar-refractivity contribution is -0.266. The molecule has 0 spiro atoms. The van der Waals surface area contributed by atoms with Gasteiger partial charge in [0.1, 0.15) is 11.6 Å². The summed E-state index contributed by atoms with van der Waals surface area (Å²) in [4.78, 5) is 0. The number of rotatable bonds is 6. The van der Waals surface area contributed by atoms with Gasteiger partial charge in [-0.3, -0.25) is 0 Å². The lowest BCUT2D eigenvalue weighted by Crippen LogP contribution is -2.50. The fourth-order valence-corrected chi connectivity index (χ4v) is 3.55. The molecule has 0 radical (unpaired) electrons. The number of methoxy groups -OCH3 is 1. The lowest BCUT2D eigenvalue weighted by Gasteiger charge is -2.38. The minimum atomic E-state index is -4.86. The summed E-state index contributed by atoms with van der Waals surface area (Å²) in [5.74, 6) is -0.296. The predicted molar refractivity (Wildman–Crippen MR) is 101 cm³/mol. The molecular formula is C22H26F4O2. The zero-order valence-electron chi connectivity index (χ0n) is 16.7. The van der Waals surface area contributed by atoms with Gasteiger partial charge in [-0.15, -0.1) is 0 Å². The Hall–Kier alpha value is -2.08. The molecule has 28 heavy (non-hydrogen) atoms. The third-order valence-corrected chi connectivity index (χ3v) is 5.22. The van der Waals surface area contributed by atoms with Gasteiger partial charge in [-0.1, -0.05) is 32.0 Å². The van der Waals surface area contributed by atoms with Crippen LogP contribution in [-0.2, 0) is 11.8 Å². The molecule has 2 nitrogen and oxygen atoms in total. The minimum Gasteiger partial charge on any atom is -0.496 e. The van der Waals surface area contributed by atoms with Crippen LogP contribution in [-0.4, -0.2) is 24.0 Å². The maximum atomic E-state index is 13.9. The first kappa shape index (κ1) is 22.2. The van der Waals surface area contributed by atoms with Crippen LogP contribution in [0.25, 0.3) is 0 Å². The van der Waals surface area contributed by atoms with Crippen LogP contribution in [0.15, 0.2) is 36.4 Å². The van der Waals surface area contributed by atoms with E-state index in [9.17, 15) is 22.7 Å². The highest BCUT2D eigenvalue weighted by molar-refractivity contribution is 5.40. The Balaban J connectivity index is 2.45. The smallest absolute Gasteiger partial charge is 0.417 e. The summed E-state index contributed by atoms with van der Waals surface area (Å²) in [6.45, 7) is 6.77. The van der Waals surface area contributed by atoms with Crippen molar-refractivity contribution in [1.82, 2.24) is 0 Å². The molecule has 2 rings (SSSR count). The molecule has 6 heteroatoms. The first-order chi connectivity index (χ1) is 12.8. The van der Waals surface area contributed by atoms with E-state index in [1.54, 1.807) is 32.0 Å². The van der Waals surface area contributed by atoms with Crippen molar-refractivity contribution < 1.29 is 27.4 Å². The number of alkyl halides is 3. The van der Waals surface area contributed by atoms with Gasteiger partial charge in [0.2, 0.25) is 0 Å². The summed E-state index contributed by atoms with van der Waals surface area (Å²) in [6, 6.07) is 8.70. The Labute approximate surface area is 163 Å². The molecule has 1 atom stereocenters. The van der Waals surface area contributed by atoms with Gasteiger partial charge in [-0.25, -0.2) is 4.39 Å². The molecule has 2 aromatic rings. The fourth-order valence-electron chi connectivity index (χ4n) is 3.55. The number of hydrogen-bond acceptors (Lipinski definition) is 2. The Morgan fingerprint density at radius 3 is 2.14 bits per heavy atom. The van der Waals surface area contributed by atoms with Crippen LogP contribution < -0.4 is 4.74 Å². The Morgan fingerprint density at radius 1 is 0.964 bits per heavy atom. The average molecular weight is 398 g/mol. The molecule has 0 aliphatic heterocycles. The first-order valence-electron chi connectivity index (χ1n) is 8.98. The van der Waals surface area contributed by atoms with Gasteiger partial charge >= 0.3 is 6.18 Å². The molecule has 0 heterocycles. The SMILES string of the molecule is COc1ccc(F)cc1C(C)(C)CC(O)(Cc1ccc(C)c(C)c1)C(F)(F)F. The minimum absolute atomic E-state index is 0.276. The highest BCUT2D eigenvalue weighted by Crippen LogP contribution is 2.45. The van der Waals surface area contributed by atoms with Crippen molar-refractivity contribution >= 4 is 0 Å². The number of aliphatic hydroxyl groups is 1. The van der Waals surface area contributed by atoms with Crippen LogP contribution in [0.3, 0.4) is 0 Å². The van der Waals surface area contributed by atoms with Crippen LogP contribution >= 0.6 is 0 Å². The van der Waals surface area contributed by atoms with Crippen molar-refractivity contribution in [2.75, 3.05) is 7.11 Å². The second-order valence-electron chi connectivity index (χ2n) is 8.03. The maximum Gasteiger partial charge on any atom is 0.417 e. The normalized spacial score (nSPS) is 14.6. The van der Waals surface area contributed by atoms with Crippen LogP contribution in [0.2, 0.25) is 0 Å². The third-order valence-electron chi connectivity index (χ3n) is 5.22. The highest BCUT2D eigenvalue weighted by atomic mass is 19.4. The summed E-state index contributed by atoms with van der Waals surface area (Å²) < 4.78 is 60.7. The zero-order chi connectivity index (χ0) is 21.3. The Kier molecular flexibility index (Phi) is 6.14. The van der Waals surface area contributed by atoms with Crippen LogP contribution in [0.4, 0.5) is 17.6 Å². The predicted octanol–water partition coefficient (Wildman–Crippen LogP) is 5.65. The largest absolute Gasteiger partial charge is 0.496 e. The van der Waals surface area contributed by atoms with Crippen molar-refractivity contribution in [2.24, 2.45) is 0 Å².